The van der Waals surface area contributed by atoms with E-state index in [-0.39, 0.29) is 13.2 Å². The van der Waals surface area contributed by atoms with Crippen molar-refractivity contribution in [3.63, 3.8) is 0 Å². The van der Waals surface area contributed by atoms with Gasteiger partial charge in [-0.1, -0.05) is 23.7 Å². The van der Waals surface area contributed by atoms with Crippen LogP contribution >= 0.6 is 11.6 Å². The molecule has 0 aliphatic rings. The van der Waals surface area contributed by atoms with E-state index in [2.05, 4.69) is 0 Å². The Morgan fingerprint density at radius 3 is 2.67 bits per heavy atom. The van der Waals surface area contributed by atoms with E-state index >= 15 is 0 Å². The Kier molecular flexibility index (Phi) is 5.19. The molecule has 0 radical (unpaired) electrons. The van der Waals surface area contributed by atoms with E-state index < -0.39 is 5.97 Å². The maximum Gasteiger partial charge on any atom is 0.344 e. The van der Waals surface area contributed by atoms with Crippen LogP contribution in [0.5, 0.6) is 5.75 Å². The Morgan fingerprint density at radius 1 is 1.19 bits per heavy atom. The zero-order valence-electron chi connectivity index (χ0n) is 11.1. The fourth-order valence-corrected chi connectivity index (χ4v) is 1.74. The van der Waals surface area contributed by atoms with Gasteiger partial charge in [0.25, 0.3) is 0 Å². The molecule has 106 valence electrons. The summed E-state index contributed by atoms with van der Waals surface area (Å²) in [7, 11) is 0. The average molecular weight is 302 g/mol. The van der Waals surface area contributed by atoms with E-state index in [9.17, 15) is 4.79 Å². The number of halogens is 1. The van der Waals surface area contributed by atoms with E-state index in [0.717, 1.165) is 5.56 Å². The molecule has 4 nitrogen and oxygen atoms in total. The van der Waals surface area contributed by atoms with Crippen LogP contribution in [0.1, 0.15) is 11.1 Å². The summed E-state index contributed by atoms with van der Waals surface area (Å²) in [4.78, 5) is 11.6. The molecule has 21 heavy (non-hydrogen) atoms. The standard InChI is InChI=1S/C16H12ClNO3/c17-14-4-6-15(7-5-14)20-11-16(19)21-10-13-3-1-2-12(8-13)9-18/h1-8H,10-11H2. The van der Waals surface area contributed by atoms with Crippen molar-refractivity contribution in [1.82, 2.24) is 0 Å². The first-order valence-electron chi connectivity index (χ1n) is 6.20. The zero-order valence-corrected chi connectivity index (χ0v) is 11.8. The fourth-order valence-electron chi connectivity index (χ4n) is 1.61. The van der Waals surface area contributed by atoms with Gasteiger partial charge in [-0.05, 0) is 42.0 Å². The fraction of sp³-hybridized carbons (Fsp3) is 0.125. The number of rotatable bonds is 5. The van der Waals surface area contributed by atoms with Crippen molar-refractivity contribution in [2.45, 2.75) is 6.61 Å². The highest BCUT2D eigenvalue weighted by Gasteiger charge is 2.05. The third kappa shape index (κ3) is 4.83. The lowest BCUT2D eigenvalue weighted by molar-refractivity contribution is -0.147. The predicted molar refractivity (Wildman–Crippen MR) is 77.9 cm³/mol. The van der Waals surface area contributed by atoms with Gasteiger partial charge in [0.1, 0.15) is 12.4 Å². The Balaban J connectivity index is 1.79. The van der Waals surface area contributed by atoms with E-state index in [4.69, 9.17) is 26.3 Å². The van der Waals surface area contributed by atoms with Crippen LogP contribution in [0.2, 0.25) is 5.02 Å². The van der Waals surface area contributed by atoms with Gasteiger partial charge in [0.2, 0.25) is 0 Å². The van der Waals surface area contributed by atoms with Crippen LogP contribution < -0.4 is 4.74 Å². The molecule has 0 heterocycles. The number of ether oxygens (including phenoxy) is 2. The summed E-state index contributed by atoms with van der Waals surface area (Å²) in [6.45, 7) is -0.0715. The molecule has 2 rings (SSSR count). The molecule has 2 aromatic carbocycles. The summed E-state index contributed by atoms with van der Waals surface area (Å²) in [5, 5.41) is 9.38. The van der Waals surface area contributed by atoms with Crippen LogP contribution in [-0.2, 0) is 16.1 Å². The van der Waals surface area contributed by atoms with Gasteiger partial charge in [-0.25, -0.2) is 4.79 Å². The molecule has 2 aromatic rings. The van der Waals surface area contributed by atoms with Crippen molar-refractivity contribution in [3.05, 3.63) is 64.7 Å². The van der Waals surface area contributed by atoms with Crippen molar-refractivity contribution in [2.24, 2.45) is 0 Å². The van der Waals surface area contributed by atoms with Gasteiger partial charge in [-0.2, -0.15) is 5.26 Å². The van der Waals surface area contributed by atoms with Crippen LogP contribution in [-0.4, -0.2) is 12.6 Å². The molecule has 0 aliphatic carbocycles. The first-order chi connectivity index (χ1) is 10.2. The van der Waals surface area contributed by atoms with E-state index in [1.165, 1.54) is 0 Å². The molecule has 0 atom stereocenters. The van der Waals surface area contributed by atoms with Crippen LogP contribution in [0.4, 0.5) is 0 Å². The number of nitrogens with zero attached hydrogens (tertiary/aromatic N) is 1. The van der Waals surface area contributed by atoms with Gasteiger partial charge in [-0.15, -0.1) is 0 Å². The Hall–Kier alpha value is -2.51. The molecular formula is C16H12ClNO3. The van der Waals surface area contributed by atoms with Gasteiger partial charge in [0.05, 0.1) is 11.6 Å². The highest BCUT2D eigenvalue weighted by atomic mass is 35.5. The van der Waals surface area contributed by atoms with E-state index in [1.807, 2.05) is 6.07 Å². The van der Waals surface area contributed by atoms with Gasteiger partial charge in [-0.3, -0.25) is 0 Å². The monoisotopic (exact) mass is 301 g/mol. The molecule has 0 N–H and O–H groups in total. The predicted octanol–water partition coefficient (Wildman–Crippen LogP) is 3.33. The molecule has 0 saturated heterocycles. The number of hydrogen-bond donors (Lipinski definition) is 0. The maximum absolute atomic E-state index is 11.6. The smallest absolute Gasteiger partial charge is 0.344 e. The number of carbonyl (C=O) groups is 1. The van der Waals surface area contributed by atoms with Crippen molar-refractivity contribution in [2.75, 3.05) is 6.61 Å². The number of benzene rings is 2. The molecule has 0 aliphatic heterocycles. The lowest BCUT2D eigenvalue weighted by atomic mass is 10.1. The zero-order chi connectivity index (χ0) is 15.1. The first-order valence-corrected chi connectivity index (χ1v) is 6.58. The topological polar surface area (TPSA) is 59.3 Å². The number of carbonyl (C=O) groups excluding carboxylic acids is 1. The summed E-state index contributed by atoms with van der Waals surface area (Å²) in [6.07, 6.45) is 0. The summed E-state index contributed by atoms with van der Waals surface area (Å²) in [5.41, 5.74) is 1.29. The minimum atomic E-state index is -0.479. The van der Waals surface area contributed by atoms with Gasteiger partial charge in [0, 0.05) is 5.02 Å². The normalized spacial score (nSPS) is 9.71. The van der Waals surface area contributed by atoms with Crippen molar-refractivity contribution >= 4 is 17.6 Å². The minimum Gasteiger partial charge on any atom is -0.482 e. The van der Waals surface area contributed by atoms with E-state index in [0.29, 0.717) is 16.3 Å². The highest BCUT2D eigenvalue weighted by molar-refractivity contribution is 6.30. The molecule has 0 aromatic heterocycles. The van der Waals surface area contributed by atoms with Crippen molar-refractivity contribution < 1.29 is 14.3 Å². The number of hydrogen-bond acceptors (Lipinski definition) is 4. The highest BCUT2D eigenvalue weighted by Crippen LogP contribution is 2.15. The minimum absolute atomic E-state index is 0.109. The summed E-state index contributed by atoms with van der Waals surface area (Å²) < 4.78 is 10.3. The molecule has 0 spiro atoms. The molecule has 0 amide bonds. The SMILES string of the molecule is N#Cc1cccc(COC(=O)COc2ccc(Cl)cc2)c1. The van der Waals surface area contributed by atoms with Gasteiger partial charge in [0.15, 0.2) is 6.61 Å². The Bertz CT molecular complexity index is 662. The van der Waals surface area contributed by atoms with Crippen LogP contribution in [0, 0.1) is 11.3 Å². The van der Waals surface area contributed by atoms with E-state index in [1.54, 1.807) is 48.5 Å². The number of esters is 1. The van der Waals surface area contributed by atoms with Crippen molar-refractivity contribution in [3.8, 4) is 11.8 Å². The largest absolute Gasteiger partial charge is 0.482 e. The quantitative estimate of drug-likeness (QED) is 0.795. The van der Waals surface area contributed by atoms with Crippen LogP contribution in [0.15, 0.2) is 48.5 Å². The molecule has 0 saturated carbocycles. The first kappa shape index (κ1) is 14.9. The molecule has 0 unspecified atom stereocenters. The van der Waals surface area contributed by atoms with Gasteiger partial charge >= 0.3 is 5.97 Å². The van der Waals surface area contributed by atoms with Crippen LogP contribution in [0.3, 0.4) is 0 Å². The second-order valence-corrected chi connectivity index (χ2v) is 4.65. The third-order valence-corrected chi connectivity index (χ3v) is 2.88. The Labute approximate surface area is 127 Å². The van der Waals surface area contributed by atoms with Gasteiger partial charge < -0.3 is 9.47 Å². The summed E-state index contributed by atoms with van der Waals surface area (Å²) in [6, 6.07) is 15.6. The maximum atomic E-state index is 11.6. The van der Waals surface area contributed by atoms with Crippen LogP contribution in [0.25, 0.3) is 0 Å². The third-order valence-electron chi connectivity index (χ3n) is 2.63. The second-order valence-electron chi connectivity index (χ2n) is 4.22. The summed E-state index contributed by atoms with van der Waals surface area (Å²) >= 11 is 5.75. The Morgan fingerprint density at radius 2 is 1.95 bits per heavy atom. The molecular weight excluding hydrogens is 290 g/mol. The lowest BCUT2D eigenvalue weighted by Crippen LogP contribution is -2.14. The van der Waals surface area contributed by atoms with Crippen molar-refractivity contribution in [1.29, 1.82) is 5.26 Å². The second kappa shape index (κ2) is 7.32. The summed E-state index contributed by atoms with van der Waals surface area (Å²) in [5.74, 6) is 0.0649. The lowest BCUT2D eigenvalue weighted by Gasteiger charge is -2.07. The molecule has 5 heteroatoms. The molecule has 0 bridgehead atoms. The average Bonchev–Trinajstić information content (AvgIpc) is 2.52. The number of nitriles is 1. The molecule has 0 fully saturated rings.